The van der Waals surface area contributed by atoms with Gasteiger partial charge in [-0.1, -0.05) is 49.7 Å². The van der Waals surface area contributed by atoms with Crippen LogP contribution in [0, 0.1) is 0 Å². The number of unbranched alkanes of at least 4 members (excludes halogenated alkanes) is 1. The summed E-state index contributed by atoms with van der Waals surface area (Å²) in [7, 11) is 0. The Kier molecular flexibility index (Phi) is 4.28. The zero-order valence-electron chi connectivity index (χ0n) is 12.7. The van der Waals surface area contributed by atoms with Crippen LogP contribution in [-0.4, -0.2) is 16.4 Å². The molecule has 4 nitrogen and oxygen atoms in total. The lowest BCUT2D eigenvalue weighted by molar-refractivity contribution is 0.313. The molecule has 0 bridgehead atoms. The Morgan fingerprint density at radius 3 is 2.68 bits per heavy atom. The maximum absolute atomic E-state index is 12.6. The van der Waals surface area contributed by atoms with E-state index in [9.17, 15) is 4.79 Å². The Hall–Kier alpha value is -2.49. The molecule has 3 rings (SSSR count). The highest BCUT2D eigenvalue weighted by atomic mass is 16.5. The zero-order valence-corrected chi connectivity index (χ0v) is 12.7. The standard InChI is InChI=1S/C18H20N2O2/c1-2-3-12-22-16-11-7-10-15-17(16)18(21)20(19-15)13-14-8-5-4-6-9-14/h4-11,19H,2-3,12-13H2,1H3. The summed E-state index contributed by atoms with van der Waals surface area (Å²) in [6.07, 6.45) is 2.06. The van der Waals surface area contributed by atoms with E-state index in [0.29, 0.717) is 24.3 Å². The first-order chi connectivity index (χ1) is 10.8. The highest BCUT2D eigenvalue weighted by Gasteiger charge is 2.12. The Bertz CT molecular complexity index is 803. The van der Waals surface area contributed by atoms with Gasteiger partial charge in [0.1, 0.15) is 11.1 Å². The largest absolute Gasteiger partial charge is 0.493 e. The molecule has 0 radical (unpaired) electrons. The van der Waals surface area contributed by atoms with Crippen LogP contribution in [0.25, 0.3) is 10.9 Å². The monoisotopic (exact) mass is 296 g/mol. The van der Waals surface area contributed by atoms with Gasteiger partial charge >= 0.3 is 0 Å². The summed E-state index contributed by atoms with van der Waals surface area (Å²) in [5.41, 5.74) is 1.87. The molecule has 2 aromatic carbocycles. The van der Waals surface area contributed by atoms with E-state index in [-0.39, 0.29) is 5.56 Å². The molecule has 0 aliphatic heterocycles. The maximum Gasteiger partial charge on any atom is 0.278 e. The predicted molar refractivity (Wildman–Crippen MR) is 88.5 cm³/mol. The van der Waals surface area contributed by atoms with Crippen LogP contribution in [-0.2, 0) is 6.54 Å². The minimum absolute atomic E-state index is 0.0362. The molecular formula is C18H20N2O2. The number of ether oxygens (including phenoxy) is 1. The Morgan fingerprint density at radius 1 is 1.09 bits per heavy atom. The van der Waals surface area contributed by atoms with E-state index >= 15 is 0 Å². The maximum atomic E-state index is 12.6. The molecular weight excluding hydrogens is 276 g/mol. The molecule has 1 aromatic heterocycles. The summed E-state index contributed by atoms with van der Waals surface area (Å²) in [6.45, 7) is 3.29. The molecule has 0 spiro atoms. The van der Waals surface area contributed by atoms with Gasteiger partial charge in [-0.3, -0.25) is 9.89 Å². The van der Waals surface area contributed by atoms with Gasteiger partial charge in [0.15, 0.2) is 0 Å². The van der Waals surface area contributed by atoms with Gasteiger partial charge in [0.2, 0.25) is 0 Å². The lowest BCUT2D eigenvalue weighted by Gasteiger charge is -2.05. The van der Waals surface area contributed by atoms with Crippen molar-refractivity contribution in [2.45, 2.75) is 26.3 Å². The van der Waals surface area contributed by atoms with Gasteiger partial charge in [-0.25, -0.2) is 4.68 Å². The van der Waals surface area contributed by atoms with Crippen molar-refractivity contribution >= 4 is 10.9 Å². The van der Waals surface area contributed by atoms with Crippen molar-refractivity contribution < 1.29 is 4.74 Å². The Balaban J connectivity index is 1.95. The Morgan fingerprint density at radius 2 is 1.91 bits per heavy atom. The molecule has 3 aromatic rings. The third kappa shape index (κ3) is 2.91. The lowest BCUT2D eigenvalue weighted by Crippen LogP contribution is -2.17. The number of aromatic nitrogens is 2. The van der Waals surface area contributed by atoms with Crippen LogP contribution < -0.4 is 10.3 Å². The molecule has 0 saturated carbocycles. The van der Waals surface area contributed by atoms with E-state index in [1.165, 1.54) is 0 Å². The second-order valence-corrected chi connectivity index (χ2v) is 5.37. The van der Waals surface area contributed by atoms with Gasteiger partial charge in [0.05, 0.1) is 18.7 Å². The van der Waals surface area contributed by atoms with Gasteiger partial charge in [-0.15, -0.1) is 0 Å². The molecule has 0 atom stereocenters. The number of rotatable bonds is 6. The van der Waals surface area contributed by atoms with E-state index in [4.69, 9.17) is 4.74 Å². The van der Waals surface area contributed by atoms with Gasteiger partial charge in [-0.05, 0) is 24.1 Å². The van der Waals surface area contributed by atoms with Crippen molar-refractivity contribution in [1.82, 2.24) is 9.78 Å². The predicted octanol–water partition coefficient (Wildman–Crippen LogP) is 3.56. The molecule has 114 valence electrons. The number of nitrogens with one attached hydrogen (secondary N) is 1. The second-order valence-electron chi connectivity index (χ2n) is 5.37. The van der Waals surface area contributed by atoms with Crippen LogP contribution in [0.15, 0.2) is 53.3 Å². The molecule has 22 heavy (non-hydrogen) atoms. The quantitative estimate of drug-likeness (QED) is 0.707. The van der Waals surface area contributed by atoms with Crippen molar-refractivity contribution in [2.24, 2.45) is 0 Å². The summed E-state index contributed by atoms with van der Waals surface area (Å²) in [5, 5.41) is 3.80. The van der Waals surface area contributed by atoms with Crippen molar-refractivity contribution in [3.63, 3.8) is 0 Å². The molecule has 4 heteroatoms. The number of fused-ring (bicyclic) bond motifs is 1. The average Bonchev–Trinajstić information content (AvgIpc) is 2.86. The average molecular weight is 296 g/mol. The highest BCUT2D eigenvalue weighted by molar-refractivity contribution is 5.84. The van der Waals surface area contributed by atoms with Crippen LogP contribution >= 0.6 is 0 Å². The van der Waals surface area contributed by atoms with E-state index in [0.717, 1.165) is 23.9 Å². The van der Waals surface area contributed by atoms with Crippen molar-refractivity contribution in [3.8, 4) is 5.75 Å². The first-order valence-electron chi connectivity index (χ1n) is 7.68. The number of benzene rings is 2. The number of hydrogen-bond donors (Lipinski definition) is 1. The lowest BCUT2D eigenvalue weighted by atomic mass is 10.2. The van der Waals surface area contributed by atoms with E-state index in [1.54, 1.807) is 4.68 Å². The zero-order chi connectivity index (χ0) is 15.4. The molecule has 0 aliphatic rings. The number of aromatic amines is 1. The first kappa shape index (κ1) is 14.4. The third-order valence-corrected chi connectivity index (χ3v) is 3.68. The minimum Gasteiger partial charge on any atom is -0.493 e. The summed E-state index contributed by atoms with van der Waals surface area (Å²) in [6, 6.07) is 15.6. The van der Waals surface area contributed by atoms with E-state index in [1.807, 2.05) is 48.5 Å². The highest BCUT2D eigenvalue weighted by Crippen LogP contribution is 2.21. The number of nitrogens with zero attached hydrogens (tertiary/aromatic N) is 1. The first-order valence-corrected chi connectivity index (χ1v) is 7.68. The molecule has 0 aliphatic carbocycles. The molecule has 0 amide bonds. The van der Waals surface area contributed by atoms with Gasteiger partial charge in [0, 0.05) is 0 Å². The fraction of sp³-hybridized carbons (Fsp3) is 0.278. The van der Waals surface area contributed by atoms with Gasteiger partial charge in [-0.2, -0.15) is 0 Å². The van der Waals surface area contributed by atoms with Crippen LogP contribution in [0.1, 0.15) is 25.3 Å². The summed E-state index contributed by atoms with van der Waals surface area (Å²) < 4.78 is 7.40. The van der Waals surface area contributed by atoms with Gasteiger partial charge < -0.3 is 4.74 Å². The van der Waals surface area contributed by atoms with Crippen molar-refractivity contribution in [2.75, 3.05) is 6.61 Å². The summed E-state index contributed by atoms with van der Waals surface area (Å²) in [5.74, 6) is 0.666. The van der Waals surface area contributed by atoms with Crippen molar-refractivity contribution in [3.05, 3.63) is 64.4 Å². The van der Waals surface area contributed by atoms with E-state index in [2.05, 4.69) is 12.0 Å². The number of hydrogen-bond acceptors (Lipinski definition) is 2. The Labute approximate surface area is 129 Å². The molecule has 0 fully saturated rings. The molecule has 0 saturated heterocycles. The minimum atomic E-state index is -0.0362. The van der Waals surface area contributed by atoms with Crippen LogP contribution in [0.5, 0.6) is 5.75 Å². The third-order valence-electron chi connectivity index (χ3n) is 3.68. The van der Waals surface area contributed by atoms with Crippen LogP contribution in [0.3, 0.4) is 0 Å². The molecule has 1 N–H and O–H groups in total. The number of H-pyrrole nitrogens is 1. The normalized spacial score (nSPS) is 11.0. The van der Waals surface area contributed by atoms with Crippen LogP contribution in [0.2, 0.25) is 0 Å². The SMILES string of the molecule is CCCCOc1cccc2[nH]n(Cc3ccccc3)c(=O)c12. The smallest absolute Gasteiger partial charge is 0.278 e. The summed E-state index contributed by atoms with van der Waals surface area (Å²) >= 11 is 0. The fourth-order valence-electron chi connectivity index (χ4n) is 2.50. The molecule has 0 unspecified atom stereocenters. The summed E-state index contributed by atoms with van der Waals surface area (Å²) in [4.78, 5) is 12.6. The molecule has 1 heterocycles. The van der Waals surface area contributed by atoms with E-state index < -0.39 is 0 Å². The topological polar surface area (TPSA) is 47.0 Å². The fourth-order valence-corrected chi connectivity index (χ4v) is 2.50. The van der Waals surface area contributed by atoms with Gasteiger partial charge in [0.25, 0.3) is 5.56 Å². The van der Waals surface area contributed by atoms with Crippen LogP contribution in [0.4, 0.5) is 0 Å². The van der Waals surface area contributed by atoms with Crippen molar-refractivity contribution in [1.29, 1.82) is 0 Å². The second kappa shape index (κ2) is 6.52.